The molecule has 0 N–H and O–H groups in total. The summed E-state index contributed by atoms with van der Waals surface area (Å²) in [5.41, 5.74) is 0.560. The Balaban J connectivity index is 1.77. The average Bonchev–Trinajstić information content (AvgIpc) is 2.67. The molecule has 0 heterocycles. The van der Waals surface area contributed by atoms with Gasteiger partial charge in [0, 0.05) is 0 Å². The first-order chi connectivity index (χ1) is 12.6. The minimum absolute atomic E-state index is 0.151. The van der Waals surface area contributed by atoms with Crippen molar-refractivity contribution in [3.05, 3.63) is 35.1 Å². The molecule has 3 heteroatoms. The summed E-state index contributed by atoms with van der Waals surface area (Å²) < 4.78 is 41.4. The molecule has 0 aromatic heterocycles. The number of benzene rings is 1. The van der Waals surface area contributed by atoms with E-state index in [2.05, 4.69) is 6.92 Å². The molecule has 3 rings (SSSR count). The van der Waals surface area contributed by atoms with E-state index in [0.717, 1.165) is 44.4 Å². The van der Waals surface area contributed by atoms with Gasteiger partial charge in [-0.05, 0) is 60.6 Å². The third kappa shape index (κ3) is 4.12. The van der Waals surface area contributed by atoms with Crippen molar-refractivity contribution < 1.29 is 13.2 Å². The molecule has 146 valence electrons. The largest absolute Gasteiger partial charge is 0.204 e. The molecule has 26 heavy (non-hydrogen) atoms. The van der Waals surface area contributed by atoms with E-state index in [0.29, 0.717) is 11.5 Å². The van der Waals surface area contributed by atoms with Crippen molar-refractivity contribution in [3.8, 4) is 0 Å². The molecule has 2 aliphatic rings. The van der Waals surface area contributed by atoms with Gasteiger partial charge in [-0.3, -0.25) is 0 Å². The summed E-state index contributed by atoms with van der Waals surface area (Å²) in [5.74, 6) is -2.09. The first kappa shape index (κ1) is 19.8. The monoisotopic (exact) mass is 366 g/mol. The molecular weight excluding hydrogens is 333 g/mol. The van der Waals surface area contributed by atoms with Crippen LogP contribution in [0.1, 0.15) is 96.0 Å². The third-order valence-corrected chi connectivity index (χ3v) is 7.15. The fourth-order valence-electron chi connectivity index (χ4n) is 5.65. The van der Waals surface area contributed by atoms with E-state index in [1.165, 1.54) is 57.1 Å². The summed E-state index contributed by atoms with van der Waals surface area (Å²) >= 11 is 0. The quantitative estimate of drug-likeness (QED) is 0.357. The van der Waals surface area contributed by atoms with Crippen molar-refractivity contribution in [1.82, 2.24) is 0 Å². The van der Waals surface area contributed by atoms with Gasteiger partial charge in [-0.1, -0.05) is 64.7 Å². The summed E-state index contributed by atoms with van der Waals surface area (Å²) in [4.78, 5) is 0. The lowest BCUT2D eigenvalue weighted by Gasteiger charge is -2.47. The maximum absolute atomic E-state index is 14.0. The van der Waals surface area contributed by atoms with Gasteiger partial charge in [0.15, 0.2) is 17.5 Å². The van der Waals surface area contributed by atoms with Gasteiger partial charge in [-0.25, -0.2) is 13.2 Å². The van der Waals surface area contributed by atoms with Gasteiger partial charge >= 0.3 is 0 Å². The highest BCUT2D eigenvalue weighted by Crippen LogP contribution is 2.51. The lowest BCUT2D eigenvalue weighted by molar-refractivity contribution is 0.123. The van der Waals surface area contributed by atoms with Crippen molar-refractivity contribution >= 4 is 0 Å². The van der Waals surface area contributed by atoms with Crippen LogP contribution < -0.4 is 0 Å². The Labute approximate surface area is 156 Å². The van der Waals surface area contributed by atoms with Gasteiger partial charge in [0.1, 0.15) is 0 Å². The lowest BCUT2D eigenvalue weighted by atomic mass is 9.57. The second kappa shape index (κ2) is 8.80. The summed E-state index contributed by atoms with van der Waals surface area (Å²) in [7, 11) is 0. The van der Waals surface area contributed by atoms with Crippen LogP contribution >= 0.6 is 0 Å². The van der Waals surface area contributed by atoms with Crippen LogP contribution in [0, 0.1) is 29.3 Å². The zero-order valence-electron chi connectivity index (χ0n) is 16.1. The number of rotatable bonds is 6. The predicted molar refractivity (Wildman–Crippen MR) is 101 cm³/mol. The molecule has 0 nitrogen and oxygen atoms in total. The molecular formula is C23H33F3. The smallest absolute Gasteiger partial charge is 0.194 e. The maximum Gasteiger partial charge on any atom is 0.194 e. The SMILES string of the molecule is CCCCCC1CCC(C2(c3cc(F)c(F)c(F)c3)CCCCC2)CC1. The van der Waals surface area contributed by atoms with Gasteiger partial charge < -0.3 is 0 Å². The Morgan fingerprint density at radius 2 is 1.50 bits per heavy atom. The zero-order valence-corrected chi connectivity index (χ0v) is 16.1. The van der Waals surface area contributed by atoms with E-state index in [4.69, 9.17) is 0 Å². The Morgan fingerprint density at radius 3 is 2.08 bits per heavy atom. The second-order valence-electron chi connectivity index (χ2n) is 8.68. The molecule has 0 unspecified atom stereocenters. The molecule has 0 aliphatic heterocycles. The van der Waals surface area contributed by atoms with E-state index < -0.39 is 17.5 Å². The van der Waals surface area contributed by atoms with Crippen molar-refractivity contribution in [1.29, 1.82) is 0 Å². The van der Waals surface area contributed by atoms with Gasteiger partial charge in [0.05, 0.1) is 0 Å². The molecule has 2 fully saturated rings. The number of halogens is 3. The fourth-order valence-corrected chi connectivity index (χ4v) is 5.65. The summed E-state index contributed by atoms with van der Waals surface area (Å²) in [5, 5.41) is 0. The van der Waals surface area contributed by atoms with Gasteiger partial charge in [-0.15, -0.1) is 0 Å². The predicted octanol–water partition coefficient (Wildman–Crippen LogP) is 7.69. The minimum atomic E-state index is -1.33. The normalized spacial score (nSPS) is 26.0. The van der Waals surface area contributed by atoms with Crippen LogP contribution in [-0.4, -0.2) is 0 Å². The maximum atomic E-state index is 14.0. The first-order valence-electron chi connectivity index (χ1n) is 10.7. The standard InChI is InChI=1S/C23H33F3/c1-2-3-5-8-17-9-11-18(12-10-17)23(13-6-4-7-14-23)19-15-20(24)22(26)21(25)16-19/h15-18H,2-14H2,1H3. The van der Waals surface area contributed by atoms with Crippen molar-refractivity contribution in [2.45, 2.75) is 95.8 Å². The summed E-state index contributed by atoms with van der Waals surface area (Å²) in [6.45, 7) is 2.24. The van der Waals surface area contributed by atoms with Crippen molar-refractivity contribution in [2.24, 2.45) is 11.8 Å². The van der Waals surface area contributed by atoms with E-state index in [1.807, 2.05) is 0 Å². The van der Waals surface area contributed by atoms with Crippen LogP contribution in [0.3, 0.4) is 0 Å². The van der Waals surface area contributed by atoms with Crippen LogP contribution in [-0.2, 0) is 5.41 Å². The summed E-state index contributed by atoms with van der Waals surface area (Å²) in [6.07, 6.45) is 15.4. The Bertz CT molecular complexity index is 558. The van der Waals surface area contributed by atoms with Gasteiger partial charge in [0.2, 0.25) is 0 Å². The highest BCUT2D eigenvalue weighted by atomic mass is 19.2. The summed E-state index contributed by atoms with van der Waals surface area (Å²) in [6, 6.07) is 2.58. The average molecular weight is 367 g/mol. The molecule has 0 radical (unpaired) electrons. The Hall–Kier alpha value is -0.990. The third-order valence-electron chi connectivity index (χ3n) is 7.15. The molecule has 1 aromatic carbocycles. The molecule has 0 bridgehead atoms. The Kier molecular flexibility index (Phi) is 6.69. The Morgan fingerprint density at radius 1 is 0.885 bits per heavy atom. The molecule has 0 saturated heterocycles. The molecule has 0 spiro atoms. The van der Waals surface area contributed by atoms with E-state index in [9.17, 15) is 13.2 Å². The van der Waals surface area contributed by atoms with E-state index in [1.54, 1.807) is 0 Å². The molecule has 0 amide bonds. The van der Waals surface area contributed by atoms with Crippen LogP contribution in [0.4, 0.5) is 13.2 Å². The lowest BCUT2D eigenvalue weighted by Crippen LogP contribution is -2.39. The number of hydrogen-bond donors (Lipinski definition) is 0. The van der Waals surface area contributed by atoms with Crippen molar-refractivity contribution in [3.63, 3.8) is 0 Å². The highest BCUT2D eigenvalue weighted by Gasteiger charge is 2.43. The van der Waals surface area contributed by atoms with E-state index >= 15 is 0 Å². The molecule has 2 aliphatic carbocycles. The zero-order chi connectivity index (χ0) is 18.6. The van der Waals surface area contributed by atoms with Crippen LogP contribution in [0.2, 0.25) is 0 Å². The minimum Gasteiger partial charge on any atom is -0.204 e. The van der Waals surface area contributed by atoms with Crippen LogP contribution in [0.5, 0.6) is 0 Å². The van der Waals surface area contributed by atoms with Gasteiger partial charge in [0.25, 0.3) is 0 Å². The van der Waals surface area contributed by atoms with Crippen LogP contribution in [0.15, 0.2) is 12.1 Å². The van der Waals surface area contributed by atoms with E-state index in [-0.39, 0.29) is 5.41 Å². The number of hydrogen-bond acceptors (Lipinski definition) is 0. The fraction of sp³-hybridized carbons (Fsp3) is 0.739. The van der Waals surface area contributed by atoms with Crippen LogP contribution in [0.25, 0.3) is 0 Å². The van der Waals surface area contributed by atoms with Gasteiger partial charge in [-0.2, -0.15) is 0 Å². The topological polar surface area (TPSA) is 0 Å². The first-order valence-corrected chi connectivity index (χ1v) is 10.7. The second-order valence-corrected chi connectivity index (χ2v) is 8.68. The molecule has 2 saturated carbocycles. The molecule has 0 atom stereocenters. The molecule has 1 aromatic rings. The van der Waals surface area contributed by atoms with Crippen molar-refractivity contribution in [2.75, 3.05) is 0 Å². The highest BCUT2D eigenvalue weighted by molar-refractivity contribution is 5.30. The number of unbranched alkanes of at least 4 members (excludes halogenated alkanes) is 2.